The van der Waals surface area contributed by atoms with Crippen molar-refractivity contribution in [2.24, 2.45) is 14.1 Å². The zero-order valence-electron chi connectivity index (χ0n) is 14.3. The third-order valence-corrected chi connectivity index (χ3v) is 5.74. The smallest absolute Gasteiger partial charge is 0.258 e. The standard InChI is InChI=1S/C17H14ClN5O2S2/c1-22-12-10(14(24)20-16(22)26)9(7-3-5-8(18)6-4-7)11-13(19-12)23(2)17(27)21-15(11)25/h3-6,9,19H,1-2H3,(H,20,24,26)(H,21,25,27). The molecule has 0 saturated carbocycles. The Kier molecular flexibility index (Phi) is 4.17. The van der Waals surface area contributed by atoms with Crippen LogP contribution in [-0.2, 0) is 14.1 Å². The van der Waals surface area contributed by atoms with E-state index in [0.717, 1.165) is 5.56 Å². The number of halogens is 1. The fraction of sp³-hybridized carbons (Fsp3) is 0.176. The van der Waals surface area contributed by atoms with Crippen molar-refractivity contribution < 1.29 is 0 Å². The third-order valence-electron chi connectivity index (χ3n) is 4.74. The minimum absolute atomic E-state index is 0.274. The molecule has 0 bridgehead atoms. The van der Waals surface area contributed by atoms with Crippen LogP contribution >= 0.6 is 36.0 Å². The molecule has 7 nitrogen and oxygen atoms in total. The normalized spacial score (nSPS) is 13.0. The fourth-order valence-electron chi connectivity index (χ4n) is 3.36. The van der Waals surface area contributed by atoms with Crippen LogP contribution in [0.2, 0.25) is 5.02 Å². The highest BCUT2D eigenvalue weighted by Crippen LogP contribution is 2.41. The van der Waals surface area contributed by atoms with E-state index in [-0.39, 0.29) is 20.7 Å². The van der Waals surface area contributed by atoms with Crippen molar-refractivity contribution in [1.29, 1.82) is 0 Å². The number of rotatable bonds is 1. The van der Waals surface area contributed by atoms with E-state index in [9.17, 15) is 9.59 Å². The van der Waals surface area contributed by atoms with Crippen molar-refractivity contribution in [2.45, 2.75) is 5.92 Å². The summed E-state index contributed by atoms with van der Waals surface area (Å²) < 4.78 is 3.89. The Hall–Kier alpha value is -2.49. The summed E-state index contributed by atoms with van der Waals surface area (Å²) in [5, 5.41) is 3.74. The number of hydrogen-bond donors (Lipinski definition) is 3. The first-order valence-corrected chi connectivity index (χ1v) is 9.18. The highest BCUT2D eigenvalue weighted by atomic mass is 35.5. The van der Waals surface area contributed by atoms with Crippen LogP contribution in [0, 0.1) is 9.54 Å². The van der Waals surface area contributed by atoms with Gasteiger partial charge in [-0.25, -0.2) is 0 Å². The van der Waals surface area contributed by atoms with E-state index in [4.69, 9.17) is 36.0 Å². The predicted octanol–water partition coefficient (Wildman–Crippen LogP) is 3.09. The van der Waals surface area contributed by atoms with Crippen LogP contribution in [0.3, 0.4) is 0 Å². The summed E-state index contributed by atoms with van der Waals surface area (Å²) in [6, 6.07) is 7.05. The van der Waals surface area contributed by atoms with Gasteiger partial charge in [-0.3, -0.25) is 19.6 Å². The topological polar surface area (TPSA) is 87.6 Å². The van der Waals surface area contributed by atoms with Gasteiger partial charge in [-0.05, 0) is 42.1 Å². The lowest BCUT2D eigenvalue weighted by Crippen LogP contribution is -2.34. The lowest BCUT2D eigenvalue weighted by molar-refractivity contribution is 0.748. The molecule has 0 spiro atoms. The second kappa shape index (κ2) is 6.29. The van der Waals surface area contributed by atoms with Gasteiger partial charge in [0.2, 0.25) is 0 Å². The molecule has 10 heteroatoms. The maximum Gasteiger partial charge on any atom is 0.258 e. The Balaban J connectivity index is 2.17. The number of benzene rings is 1. The van der Waals surface area contributed by atoms with Crippen molar-refractivity contribution in [3.05, 3.63) is 76.2 Å². The van der Waals surface area contributed by atoms with Gasteiger partial charge in [-0.15, -0.1) is 0 Å². The molecule has 0 aliphatic carbocycles. The highest BCUT2D eigenvalue weighted by molar-refractivity contribution is 7.71. The van der Waals surface area contributed by atoms with E-state index in [1.54, 1.807) is 47.5 Å². The average Bonchev–Trinajstić information content (AvgIpc) is 2.63. The lowest BCUT2D eigenvalue weighted by atomic mass is 9.84. The lowest BCUT2D eigenvalue weighted by Gasteiger charge is -2.30. The molecule has 0 saturated heterocycles. The second-order valence-corrected chi connectivity index (χ2v) is 7.48. The van der Waals surface area contributed by atoms with E-state index in [1.165, 1.54) is 0 Å². The molecule has 0 unspecified atom stereocenters. The van der Waals surface area contributed by atoms with Gasteiger partial charge in [0, 0.05) is 19.1 Å². The number of H-pyrrole nitrogens is 2. The van der Waals surface area contributed by atoms with Crippen LogP contribution in [0.15, 0.2) is 33.9 Å². The van der Waals surface area contributed by atoms with E-state index in [0.29, 0.717) is 27.8 Å². The Labute approximate surface area is 168 Å². The van der Waals surface area contributed by atoms with Crippen LogP contribution in [0.4, 0.5) is 11.6 Å². The number of hydrogen-bond acceptors (Lipinski definition) is 5. The summed E-state index contributed by atoms with van der Waals surface area (Å²) in [5.41, 5.74) is 0.868. The SMILES string of the molecule is Cn1c2c(c(=O)[nH]c1=S)C(c1ccc(Cl)cc1)c1c(n(C)c(=S)[nH]c1=O)N2. The van der Waals surface area contributed by atoms with Gasteiger partial charge < -0.3 is 14.5 Å². The molecule has 0 fully saturated rings. The third kappa shape index (κ3) is 2.70. The Morgan fingerprint density at radius 3 is 1.78 bits per heavy atom. The molecule has 3 aromatic rings. The number of aromatic amines is 2. The summed E-state index contributed by atoms with van der Waals surface area (Å²) in [4.78, 5) is 31.0. The molecule has 0 atom stereocenters. The number of anilines is 2. The van der Waals surface area contributed by atoms with E-state index < -0.39 is 5.92 Å². The Morgan fingerprint density at radius 2 is 1.33 bits per heavy atom. The molecule has 3 heterocycles. The number of fused-ring (bicyclic) bond motifs is 2. The average molecular weight is 420 g/mol. The van der Waals surface area contributed by atoms with E-state index >= 15 is 0 Å². The van der Waals surface area contributed by atoms with Crippen molar-refractivity contribution >= 4 is 47.7 Å². The largest absolute Gasteiger partial charge is 0.327 e. The molecular weight excluding hydrogens is 406 g/mol. The maximum absolute atomic E-state index is 12.8. The van der Waals surface area contributed by atoms with Crippen molar-refractivity contribution in [3.8, 4) is 0 Å². The van der Waals surface area contributed by atoms with Crippen LogP contribution in [0.5, 0.6) is 0 Å². The summed E-state index contributed by atoms with van der Waals surface area (Å²) in [7, 11) is 3.49. The molecule has 1 aromatic carbocycles. The molecule has 27 heavy (non-hydrogen) atoms. The molecule has 1 aliphatic rings. The molecule has 3 N–H and O–H groups in total. The van der Waals surface area contributed by atoms with Gasteiger partial charge in [0.25, 0.3) is 11.1 Å². The molecule has 1 aliphatic heterocycles. The first-order valence-electron chi connectivity index (χ1n) is 7.98. The van der Waals surface area contributed by atoms with Crippen LogP contribution < -0.4 is 16.4 Å². The molecule has 4 rings (SSSR count). The van der Waals surface area contributed by atoms with Gasteiger partial charge in [0.15, 0.2) is 9.54 Å². The van der Waals surface area contributed by atoms with Gasteiger partial charge in [-0.1, -0.05) is 23.7 Å². The predicted molar refractivity (Wildman–Crippen MR) is 109 cm³/mol. The van der Waals surface area contributed by atoms with Crippen molar-refractivity contribution in [1.82, 2.24) is 19.1 Å². The second-order valence-electron chi connectivity index (χ2n) is 6.27. The number of aromatic nitrogens is 4. The summed E-state index contributed by atoms with van der Waals surface area (Å²) in [5.74, 6) is 0.434. The van der Waals surface area contributed by atoms with Gasteiger partial charge in [0.05, 0.1) is 17.0 Å². The molecule has 2 aromatic heterocycles. The number of nitrogens with zero attached hydrogens (tertiary/aromatic N) is 2. The van der Waals surface area contributed by atoms with Crippen LogP contribution in [0.25, 0.3) is 0 Å². The quantitative estimate of drug-likeness (QED) is 0.413. The van der Waals surface area contributed by atoms with Gasteiger partial charge >= 0.3 is 0 Å². The van der Waals surface area contributed by atoms with Crippen molar-refractivity contribution in [3.63, 3.8) is 0 Å². The van der Waals surface area contributed by atoms with E-state index in [2.05, 4.69) is 15.3 Å². The maximum atomic E-state index is 12.8. The summed E-state index contributed by atoms with van der Waals surface area (Å²) in [6.45, 7) is 0. The molecule has 0 amide bonds. The van der Waals surface area contributed by atoms with E-state index in [1.807, 2.05) is 0 Å². The minimum atomic E-state index is -0.607. The van der Waals surface area contributed by atoms with Gasteiger partial charge in [0.1, 0.15) is 11.6 Å². The first kappa shape index (κ1) is 17.9. The Morgan fingerprint density at radius 1 is 0.889 bits per heavy atom. The molecule has 0 radical (unpaired) electrons. The zero-order valence-corrected chi connectivity index (χ0v) is 16.7. The molecular formula is C17H14ClN5O2S2. The minimum Gasteiger partial charge on any atom is -0.327 e. The molecule has 138 valence electrons. The highest BCUT2D eigenvalue weighted by Gasteiger charge is 2.35. The zero-order chi connectivity index (χ0) is 19.5. The van der Waals surface area contributed by atoms with Crippen LogP contribution in [0.1, 0.15) is 22.6 Å². The first-order chi connectivity index (χ1) is 12.8. The Bertz CT molecular complexity index is 1240. The van der Waals surface area contributed by atoms with Crippen molar-refractivity contribution in [2.75, 3.05) is 5.32 Å². The fourth-order valence-corrected chi connectivity index (χ4v) is 3.85. The summed E-state index contributed by atoms with van der Waals surface area (Å²) >= 11 is 16.5. The van der Waals surface area contributed by atoms with Crippen LogP contribution in [-0.4, -0.2) is 19.1 Å². The number of nitrogens with one attached hydrogen (secondary N) is 3. The monoisotopic (exact) mass is 419 g/mol. The van der Waals surface area contributed by atoms with Gasteiger partial charge in [-0.2, -0.15) is 0 Å². The summed E-state index contributed by atoms with van der Waals surface area (Å²) in [6.07, 6.45) is 0.